The molecule has 0 aliphatic carbocycles. The Balaban J connectivity index is 1.74. The van der Waals surface area contributed by atoms with Crippen molar-refractivity contribution in [3.8, 4) is 5.75 Å². The van der Waals surface area contributed by atoms with Gasteiger partial charge in [-0.15, -0.1) is 0 Å². The van der Waals surface area contributed by atoms with Gasteiger partial charge in [-0.1, -0.05) is 42.5 Å². The van der Waals surface area contributed by atoms with Gasteiger partial charge in [0.1, 0.15) is 5.75 Å². The first-order valence-electron chi connectivity index (χ1n) is 8.16. The molecule has 0 fully saturated rings. The zero-order chi connectivity index (χ0) is 17.6. The standard InChI is InChI=1S/C20H21N3O2/c1-14-18(12-15-8-10-17(25-2)11-9-15)19(24)23-20(22-14)21-13-16-6-4-3-5-7-16/h3-11H,12-13H2,1-2H3,(H2,21,22,23,24). The van der Waals surface area contributed by atoms with E-state index in [4.69, 9.17) is 4.74 Å². The summed E-state index contributed by atoms with van der Waals surface area (Å²) in [6, 6.07) is 17.7. The Labute approximate surface area is 146 Å². The Bertz CT molecular complexity index is 887. The molecule has 0 bridgehead atoms. The second kappa shape index (κ2) is 7.66. The average Bonchev–Trinajstić information content (AvgIpc) is 2.64. The van der Waals surface area contributed by atoms with Crippen LogP contribution in [0.15, 0.2) is 59.4 Å². The Kier molecular flexibility index (Phi) is 5.14. The van der Waals surface area contributed by atoms with Crippen LogP contribution in [0.2, 0.25) is 0 Å². The van der Waals surface area contributed by atoms with E-state index in [2.05, 4.69) is 15.3 Å². The van der Waals surface area contributed by atoms with Crippen molar-refractivity contribution < 1.29 is 4.74 Å². The maximum Gasteiger partial charge on any atom is 0.256 e. The second-order valence-corrected chi connectivity index (χ2v) is 5.84. The lowest BCUT2D eigenvalue weighted by molar-refractivity contribution is 0.414. The Morgan fingerprint density at radius 1 is 1.04 bits per heavy atom. The van der Waals surface area contributed by atoms with Gasteiger partial charge in [-0.05, 0) is 30.2 Å². The van der Waals surface area contributed by atoms with Gasteiger partial charge in [0.05, 0.1) is 12.8 Å². The zero-order valence-electron chi connectivity index (χ0n) is 14.4. The summed E-state index contributed by atoms with van der Waals surface area (Å²) in [5.41, 5.74) is 3.47. The largest absolute Gasteiger partial charge is 0.497 e. The van der Waals surface area contributed by atoms with Crippen molar-refractivity contribution in [1.82, 2.24) is 9.97 Å². The summed E-state index contributed by atoms with van der Waals surface area (Å²) in [7, 11) is 1.63. The van der Waals surface area contributed by atoms with E-state index in [9.17, 15) is 4.79 Å². The molecule has 0 aliphatic heterocycles. The summed E-state index contributed by atoms with van der Waals surface area (Å²) in [5, 5.41) is 3.17. The highest BCUT2D eigenvalue weighted by molar-refractivity contribution is 5.35. The molecule has 0 atom stereocenters. The van der Waals surface area contributed by atoms with E-state index in [1.54, 1.807) is 7.11 Å². The van der Waals surface area contributed by atoms with Crippen molar-refractivity contribution in [2.45, 2.75) is 19.9 Å². The first-order valence-corrected chi connectivity index (χ1v) is 8.16. The van der Waals surface area contributed by atoms with Crippen molar-refractivity contribution in [3.63, 3.8) is 0 Å². The molecular formula is C20H21N3O2. The SMILES string of the molecule is COc1ccc(Cc2c(C)nc(NCc3ccccc3)[nH]c2=O)cc1. The number of rotatable bonds is 6. The van der Waals surface area contributed by atoms with Gasteiger partial charge in [-0.3, -0.25) is 9.78 Å². The summed E-state index contributed by atoms with van der Waals surface area (Å²) in [5.74, 6) is 1.29. The third-order valence-electron chi connectivity index (χ3n) is 4.07. The number of ether oxygens (including phenoxy) is 1. The molecule has 128 valence electrons. The summed E-state index contributed by atoms with van der Waals surface area (Å²) < 4.78 is 5.16. The van der Waals surface area contributed by atoms with E-state index in [1.165, 1.54) is 0 Å². The van der Waals surface area contributed by atoms with Gasteiger partial charge in [0, 0.05) is 18.5 Å². The summed E-state index contributed by atoms with van der Waals surface area (Å²) in [4.78, 5) is 19.8. The van der Waals surface area contributed by atoms with Crippen molar-refractivity contribution in [1.29, 1.82) is 0 Å². The number of anilines is 1. The predicted molar refractivity (Wildman–Crippen MR) is 99.2 cm³/mol. The Morgan fingerprint density at radius 2 is 1.76 bits per heavy atom. The van der Waals surface area contributed by atoms with Gasteiger partial charge in [0.25, 0.3) is 5.56 Å². The molecule has 0 unspecified atom stereocenters. The minimum Gasteiger partial charge on any atom is -0.497 e. The lowest BCUT2D eigenvalue weighted by atomic mass is 10.1. The monoisotopic (exact) mass is 335 g/mol. The molecule has 25 heavy (non-hydrogen) atoms. The molecule has 5 heteroatoms. The fourth-order valence-electron chi connectivity index (χ4n) is 2.63. The van der Waals surface area contributed by atoms with E-state index < -0.39 is 0 Å². The topological polar surface area (TPSA) is 67.0 Å². The Hall–Kier alpha value is -3.08. The van der Waals surface area contributed by atoms with E-state index >= 15 is 0 Å². The molecule has 2 aromatic carbocycles. The molecule has 5 nitrogen and oxygen atoms in total. The average molecular weight is 335 g/mol. The number of H-pyrrole nitrogens is 1. The number of hydrogen-bond acceptors (Lipinski definition) is 4. The van der Waals surface area contributed by atoms with Crippen LogP contribution in [-0.2, 0) is 13.0 Å². The maximum absolute atomic E-state index is 12.4. The van der Waals surface area contributed by atoms with E-state index in [1.807, 2.05) is 61.5 Å². The fraction of sp³-hybridized carbons (Fsp3) is 0.200. The first kappa shape index (κ1) is 16.8. The summed E-state index contributed by atoms with van der Waals surface area (Å²) >= 11 is 0. The molecule has 0 amide bonds. The van der Waals surface area contributed by atoms with Gasteiger partial charge >= 0.3 is 0 Å². The van der Waals surface area contributed by atoms with Crippen LogP contribution in [0.4, 0.5) is 5.95 Å². The highest BCUT2D eigenvalue weighted by Crippen LogP contribution is 2.15. The van der Waals surface area contributed by atoms with Crippen LogP contribution in [0, 0.1) is 6.92 Å². The number of nitrogens with zero attached hydrogens (tertiary/aromatic N) is 1. The van der Waals surface area contributed by atoms with E-state index in [-0.39, 0.29) is 5.56 Å². The third kappa shape index (κ3) is 4.26. The molecule has 3 aromatic rings. The van der Waals surface area contributed by atoms with Crippen LogP contribution in [-0.4, -0.2) is 17.1 Å². The number of nitrogens with one attached hydrogen (secondary N) is 2. The van der Waals surface area contributed by atoms with Crippen LogP contribution in [0.3, 0.4) is 0 Å². The van der Waals surface area contributed by atoms with E-state index in [0.717, 1.165) is 22.6 Å². The third-order valence-corrected chi connectivity index (χ3v) is 4.07. The second-order valence-electron chi connectivity index (χ2n) is 5.84. The number of aromatic nitrogens is 2. The number of aromatic amines is 1. The molecule has 1 aromatic heterocycles. The number of hydrogen-bond donors (Lipinski definition) is 2. The molecule has 0 saturated heterocycles. The quantitative estimate of drug-likeness (QED) is 0.725. The minimum absolute atomic E-state index is 0.112. The van der Waals surface area contributed by atoms with E-state index in [0.29, 0.717) is 24.5 Å². The fourth-order valence-corrected chi connectivity index (χ4v) is 2.63. The van der Waals surface area contributed by atoms with Crippen molar-refractivity contribution in [3.05, 3.63) is 87.3 Å². The molecule has 0 radical (unpaired) electrons. The summed E-state index contributed by atoms with van der Waals surface area (Å²) in [6.45, 7) is 2.48. The molecule has 1 heterocycles. The van der Waals surface area contributed by atoms with Gasteiger partial charge in [-0.25, -0.2) is 4.98 Å². The molecular weight excluding hydrogens is 314 g/mol. The van der Waals surface area contributed by atoms with Crippen molar-refractivity contribution >= 4 is 5.95 Å². The molecule has 3 rings (SSSR count). The number of benzene rings is 2. The van der Waals surface area contributed by atoms with Crippen LogP contribution in [0.5, 0.6) is 5.75 Å². The number of methoxy groups -OCH3 is 1. The van der Waals surface area contributed by atoms with Gasteiger partial charge < -0.3 is 10.1 Å². The molecule has 2 N–H and O–H groups in total. The van der Waals surface area contributed by atoms with Gasteiger partial charge in [0.15, 0.2) is 0 Å². The zero-order valence-corrected chi connectivity index (χ0v) is 14.4. The highest BCUT2D eigenvalue weighted by Gasteiger charge is 2.09. The lowest BCUT2D eigenvalue weighted by Gasteiger charge is -2.10. The predicted octanol–water partition coefficient (Wildman–Crippen LogP) is 3.29. The van der Waals surface area contributed by atoms with Crippen molar-refractivity contribution in [2.24, 2.45) is 0 Å². The van der Waals surface area contributed by atoms with Gasteiger partial charge in [0.2, 0.25) is 5.95 Å². The van der Waals surface area contributed by atoms with Gasteiger partial charge in [-0.2, -0.15) is 0 Å². The van der Waals surface area contributed by atoms with Crippen LogP contribution < -0.4 is 15.6 Å². The molecule has 0 aliphatic rings. The normalized spacial score (nSPS) is 10.5. The maximum atomic E-state index is 12.4. The molecule has 0 saturated carbocycles. The van der Waals surface area contributed by atoms with Crippen LogP contribution >= 0.6 is 0 Å². The smallest absolute Gasteiger partial charge is 0.256 e. The van der Waals surface area contributed by atoms with Crippen molar-refractivity contribution in [2.75, 3.05) is 12.4 Å². The Morgan fingerprint density at radius 3 is 2.40 bits per heavy atom. The minimum atomic E-state index is -0.112. The van der Waals surface area contributed by atoms with Crippen LogP contribution in [0.1, 0.15) is 22.4 Å². The summed E-state index contributed by atoms with van der Waals surface area (Å²) in [6.07, 6.45) is 0.539. The number of aryl methyl sites for hydroxylation is 1. The highest BCUT2D eigenvalue weighted by atomic mass is 16.5. The first-order chi connectivity index (χ1) is 12.2. The molecule has 0 spiro atoms. The lowest BCUT2D eigenvalue weighted by Crippen LogP contribution is -2.19. The van der Waals surface area contributed by atoms with Crippen LogP contribution in [0.25, 0.3) is 0 Å².